The second-order valence-electron chi connectivity index (χ2n) is 3.19. The monoisotopic (exact) mass is 212 g/mol. The Morgan fingerprint density at radius 3 is 2.73 bits per heavy atom. The summed E-state index contributed by atoms with van der Waals surface area (Å²) in [4.78, 5) is 10.9. The zero-order valence-electron chi connectivity index (χ0n) is 8.66. The van der Waals surface area contributed by atoms with Gasteiger partial charge in [-0.2, -0.15) is 0 Å². The number of carbonyl (C=O) groups is 1. The minimum Gasteiger partial charge on any atom is -0.494 e. The van der Waals surface area contributed by atoms with Crippen LogP contribution in [0, 0.1) is 5.82 Å². The first-order valence-corrected chi connectivity index (χ1v) is 4.66. The van der Waals surface area contributed by atoms with E-state index in [2.05, 4.69) is 0 Å². The number of rotatable bonds is 4. The number of hydrogen-bond acceptors (Lipinski definition) is 2. The Kier molecular flexibility index (Phi) is 3.66. The molecule has 0 saturated carbocycles. The molecule has 0 amide bonds. The summed E-state index contributed by atoms with van der Waals surface area (Å²) < 4.78 is 17.9. The molecular formula is C11H13FO3. The van der Waals surface area contributed by atoms with Crippen molar-refractivity contribution in [2.24, 2.45) is 0 Å². The number of aliphatic carboxylic acids is 1. The largest absolute Gasteiger partial charge is 0.494 e. The van der Waals surface area contributed by atoms with Crippen LogP contribution >= 0.6 is 0 Å². The Hall–Kier alpha value is -1.58. The molecule has 0 spiro atoms. The fourth-order valence-corrected chi connectivity index (χ4v) is 1.45. The lowest BCUT2D eigenvalue weighted by Crippen LogP contribution is -2.10. The lowest BCUT2D eigenvalue weighted by molar-refractivity contribution is -0.138. The smallest absolute Gasteiger partial charge is 0.310 e. The SMILES string of the molecule is CCC(C(=O)O)c1ccc(F)c(OC)c1. The summed E-state index contributed by atoms with van der Waals surface area (Å²) in [6.07, 6.45) is 0.462. The number of ether oxygens (including phenoxy) is 1. The van der Waals surface area contributed by atoms with Gasteiger partial charge in [0.05, 0.1) is 13.0 Å². The Labute approximate surface area is 87.5 Å². The molecule has 82 valence electrons. The first-order valence-electron chi connectivity index (χ1n) is 4.66. The van der Waals surface area contributed by atoms with Gasteiger partial charge in [-0.3, -0.25) is 4.79 Å². The van der Waals surface area contributed by atoms with Gasteiger partial charge in [-0.15, -0.1) is 0 Å². The maximum Gasteiger partial charge on any atom is 0.310 e. The van der Waals surface area contributed by atoms with Crippen molar-refractivity contribution in [3.63, 3.8) is 0 Å². The van der Waals surface area contributed by atoms with Gasteiger partial charge < -0.3 is 9.84 Å². The van der Waals surface area contributed by atoms with E-state index in [4.69, 9.17) is 9.84 Å². The topological polar surface area (TPSA) is 46.5 Å². The molecule has 0 aliphatic carbocycles. The second-order valence-corrected chi connectivity index (χ2v) is 3.19. The Bertz CT molecular complexity index is 363. The van der Waals surface area contributed by atoms with Gasteiger partial charge >= 0.3 is 5.97 Å². The summed E-state index contributed by atoms with van der Waals surface area (Å²) in [6, 6.07) is 4.12. The Morgan fingerprint density at radius 2 is 2.27 bits per heavy atom. The molecule has 1 unspecified atom stereocenters. The van der Waals surface area contributed by atoms with Gasteiger partial charge in [-0.05, 0) is 24.1 Å². The Morgan fingerprint density at radius 1 is 1.60 bits per heavy atom. The molecule has 1 aromatic carbocycles. The number of methoxy groups -OCH3 is 1. The second kappa shape index (κ2) is 4.77. The maximum atomic E-state index is 13.1. The van der Waals surface area contributed by atoms with Crippen molar-refractivity contribution in [2.75, 3.05) is 7.11 Å². The van der Waals surface area contributed by atoms with Crippen LogP contribution in [0.4, 0.5) is 4.39 Å². The van der Waals surface area contributed by atoms with Crippen LogP contribution in [0.25, 0.3) is 0 Å². The van der Waals surface area contributed by atoms with Gasteiger partial charge in [0.15, 0.2) is 11.6 Å². The van der Waals surface area contributed by atoms with Crippen LogP contribution in [0.2, 0.25) is 0 Å². The van der Waals surface area contributed by atoms with E-state index in [1.54, 1.807) is 6.92 Å². The summed E-state index contributed by atoms with van der Waals surface area (Å²) in [7, 11) is 1.35. The van der Waals surface area contributed by atoms with E-state index in [1.165, 1.54) is 25.3 Å². The molecule has 1 rings (SSSR count). The molecule has 0 aromatic heterocycles. The third kappa shape index (κ3) is 2.46. The highest BCUT2D eigenvalue weighted by Crippen LogP contribution is 2.25. The highest BCUT2D eigenvalue weighted by Gasteiger charge is 2.18. The molecule has 0 bridgehead atoms. The summed E-state index contributed by atoms with van der Waals surface area (Å²) in [5.74, 6) is -1.93. The summed E-state index contributed by atoms with van der Waals surface area (Å²) in [5, 5.41) is 8.93. The van der Waals surface area contributed by atoms with Crippen molar-refractivity contribution in [1.29, 1.82) is 0 Å². The van der Waals surface area contributed by atoms with Crippen molar-refractivity contribution in [3.8, 4) is 5.75 Å². The zero-order valence-corrected chi connectivity index (χ0v) is 8.66. The third-order valence-electron chi connectivity index (χ3n) is 2.28. The van der Waals surface area contributed by atoms with Crippen molar-refractivity contribution in [1.82, 2.24) is 0 Å². The molecule has 3 nitrogen and oxygen atoms in total. The molecule has 0 saturated heterocycles. The standard InChI is InChI=1S/C11H13FO3/c1-3-8(11(13)14)7-4-5-9(12)10(6-7)15-2/h4-6,8H,3H2,1-2H3,(H,13,14). The van der Waals surface area contributed by atoms with Gasteiger partial charge in [-0.1, -0.05) is 13.0 Å². The lowest BCUT2D eigenvalue weighted by Gasteiger charge is -2.11. The van der Waals surface area contributed by atoms with Crippen molar-refractivity contribution in [2.45, 2.75) is 19.3 Å². The van der Waals surface area contributed by atoms with E-state index >= 15 is 0 Å². The van der Waals surface area contributed by atoms with Crippen molar-refractivity contribution < 1.29 is 19.0 Å². The molecule has 1 aromatic rings. The molecule has 0 radical (unpaired) electrons. The first kappa shape index (κ1) is 11.5. The number of carboxylic acid groups (broad SMARTS) is 1. The minimum atomic E-state index is -0.911. The zero-order chi connectivity index (χ0) is 11.4. The van der Waals surface area contributed by atoms with E-state index in [9.17, 15) is 9.18 Å². The summed E-state index contributed by atoms with van der Waals surface area (Å²) >= 11 is 0. The van der Waals surface area contributed by atoms with Crippen LogP contribution < -0.4 is 4.74 Å². The molecule has 0 fully saturated rings. The first-order chi connectivity index (χ1) is 7.10. The molecule has 15 heavy (non-hydrogen) atoms. The van der Waals surface area contributed by atoms with Crippen LogP contribution in [0.1, 0.15) is 24.8 Å². The number of halogens is 1. The van der Waals surface area contributed by atoms with Crippen LogP contribution in [-0.4, -0.2) is 18.2 Å². The minimum absolute atomic E-state index is 0.0761. The molecule has 1 atom stereocenters. The predicted molar refractivity (Wildman–Crippen MR) is 53.6 cm³/mol. The molecular weight excluding hydrogens is 199 g/mol. The van der Waals surface area contributed by atoms with Crippen molar-refractivity contribution >= 4 is 5.97 Å². The van der Waals surface area contributed by atoms with Gasteiger partial charge in [0, 0.05) is 0 Å². The van der Waals surface area contributed by atoms with E-state index in [0.29, 0.717) is 12.0 Å². The maximum absolute atomic E-state index is 13.1. The Balaban J connectivity index is 3.09. The van der Waals surface area contributed by atoms with E-state index in [-0.39, 0.29) is 5.75 Å². The third-order valence-corrected chi connectivity index (χ3v) is 2.28. The number of hydrogen-bond donors (Lipinski definition) is 1. The van der Waals surface area contributed by atoms with Crippen LogP contribution in [-0.2, 0) is 4.79 Å². The molecule has 1 N–H and O–H groups in total. The van der Waals surface area contributed by atoms with Crippen LogP contribution in [0.3, 0.4) is 0 Å². The number of benzene rings is 1. The molecule has 0 aliphatic rings. The molecule has 0 heterocycles. The summed E-state index contributed by atoms with van der Waals surface area (Å²) in [6.45, 7) is 1.77. The van der Waals surface area contributed by atoms with E-state index in [1.807, 2.05) is 0 Å². The fourth-order valence-electron chi connectivity index (χ4n) is 1.45. The highest BCUT2D eigenvalue weighted by atomic mass is 19.1. The van der Waals surface area contributed by atoms with Gasteiger partial charge in [0.25, 0.3) is 0 Å². The van der Waals surface area contributed by atoms with Gasteiger partial charge in [-0.25, -0.2) is 4.39 Å². The van der Waals surface area contributed by atoms with Gasteiger partial charge in [0.2, 0.25) is 0 Å². The summed E-state index contributed by atoms with van der Waals surface area (Å²) in [5.41, 5.74) is 0.559. The van der Waals surface area contributed by atoms with Crippen LogP contribution in [0.5, 0.6) is 5.75 Å². The lowest BCUT2D eigenvalue weighted by atomic mass is 9.96. The normalized spacial score (nSPS) is 12.2. The molecule has 4 heteroatoms. The highest BCUT2D eigenvalue weighted by molar-refractivity contribution is 5.76. The quantitative estimate of drug-likeness (QED) is 0.833. The average molecular weight is 212 g/mol. The number of carboxylic acids is 1. The van der Waals surface area contributed by atoms with Crippen LogP contribution in [0.15, 0.2) is 18.2 Å². The predicted octanol–water partition coefficient (Wildman–Crippen LogP) is 2.41. The van der Waals surface area contributed by atoms with Gasteiger partial charge in [0.1, 0.15) is 0 Å². The van der Waals surface area contributed by atoms with E-state index < -0.39 is 17.7 Å². The molecule has 0 aliphatic heterocycles. The fraction of sp³-hybridized carbons (Fsp3) is 0.364. The van der Waals surface area contributed by atoms with E-state index in [0.717, 1.165) is 0 Å². The average Bonchev–Trinajstić information content (AvgIpc) is 2.21. The van der Waals surface area contributed by atoms with Crippen molar-refractivity contribution in [3.05, 3.63) is 29.6 Å².